The zero-order valence-corrected chi connectivity index (χ0v) is 28.8. The van der Waals surface area contributed by atoms with Gasteiger partial charge < -0.3 is 42.3 Å². The van der Waals surface area contributed by atoms with Gasteiger partial charge in [-0.2, -0.15) is 0 Å². The summed E-state index contributed by atoms with van der Waals surface area (Å²) in [4.78, 5) is 64.7. The summed E-state index contributed by atoms with van der Waals surface area (Å²) in [5.74, 6) is 5.18. The zero-order chi connectivity index (χ0) is 37.5. The molecule has 267 valence electrons. The van der Waals surface area contributed by atoms with Gasteiger partial charge in [0.1, 0.15) is 17.3 Å². The summed E-state index contributed by atoms with van der Waals surface area (Å²) in [6.45, 7) is 1.74. The minimum atomic E-state index is -0.678. The van der Waals surface area contributed by atoms with Gasteiger partial charge in [-0.25, -0.2) is 9.97 Å². The van der Waals surface area contributed by atoms with Crippen LogP contribution in [0.4, 0.5) is 5.69 Å². The molecule has 2 aromatic heterocycles. The number of aryl methyl sites for hydroxylation is 1. The number of nitrogens with zero attached hydrogens (tertiary/aromatic N) is 3. The summed E-state index contributed by atoms with van der Waals surface area (Å²) in [5.41, 5.74) is 19.6. The van der Waals surface area contributed by atoms with E-state index in [-0.39, 0.29) is 37.4 Å². The van der Waals surface area contributed by atoms with Crippen molar-refractivity contribution in [3.05, 3.63) is 102 Å². The first kappa shape index (κ1) is 35.9. The molecule has 6 aromatic rings. The number of aromatic amines is 2. The van der Waals surface area contributed by atoms with Crippen LogP contribution in [0, 0.1) is 6.92 Å². The van der Waals surface area contributed by atoms with Gasteiger partial charge in [0.2, 0.25) is 17.7 Å². The monoisotopic (exact) mass is 710 g/mol. The van der Waals surface area contributed by atoms with Gasteiger partial charge >= 0.3 is 0 Å². The Kier molecular flexibility index (Phi) is 10.8. The summed E-state index contributed by atoms with van der Waals surface area (Å²) >= 11 is 0. The molecule has 0 atom stereocenters. The molecule has 0 spiro atoms. The van der Waals surface area contributed by atoms with Crippen molar-refractivity contribution >= 4 is 58.8 Å². The number of nitrogens with one attached hydrogen (secondary N) is 5. The first-order valence-electron chi connectivity index (χ1n) is 16.6. The molecule has 0 aliphatic heterocycles. The lowest BCUT2D eigenvalue weighted by atomic mass is 9.87. The lowest BCUT2D eigenvalue weighted by Gasteiger charge is -2.14. The number of amides is 4. The number of H-pyrrole nitrogens is 2. The largest absolute Gasteiger partial charge is 0.393 e. The predicted molar refractivity (Wildman–Crippen MR) is 204 cm³/mol. The van der Waals surface area contributed by atoms with Gasteiger partial charge in [0.15, 0.2) is 0 Å². The molecule has 1 radical (unpaired) electrons. The average molecular weight is 711 g/mol. The molecular weight excluding hydrogens is 673 g/mol. The molecule has 4 aromatic carbocycles. The SMILES string of the molecule is Cc1cccc(-c2nc3ccc(-c4ccc5nc(-c6cccc(NC(=O)C[B]N(N)/C=C(\N)C(=O)NCCC(=O)NCC(N)=O)c6)[nH]c5c4)cc3[nH]2)c1. The van der Waals surface area contributed by atoms with E-state index in [9.17, 15) is 19.2 Å². The van der Waals surface area contributed by atoms with Gasteiger partial charge in [-0.1, -0.05) is 48.0 Å². The van der Waals surface area contributed by atoms with Crippen molar-refractivity contribution in [3.63, 3.8) is 0 Å². The van der Waals surface area contributed by atoms with Crippen LogP contribution in [0.2, 0.25) is 6.32 Å². The number of benzene rings is 4. The summed E-state index contributed by atoms with van der Waals surface area (Å²) in [7, 11) is 1.35. The molecule has 0 saturated carbocycles. The number of carbonyl (C=O) groups excluding carboxylic acids is 4. The quantitative estimate of drug-likeness (QED) is 0.0358. The number of anilines is 1. The zero-order valence-electron chi connectivity index (χ0n) is 28.8. The Hall–Kier alpha value is -6.94. The van der Waals surface area contributed by atoms with Crippen LogP contribution in [0.5, 0.6) is 0 Å². The normalized spacial score (nSPS) is 11.3. The van der Waals surface area contributed by atoms with Gasteiger partial charge in [-0.05, 0) is 60.5 Å². The Labute approximate surface area is 304 Å². The van der Waals surface area contributed by atoms with E-state index in [1.54, 1.807) is 6.07 Å². The van der Waals surface area contributed by atoms with Crippen LogP contribution in [-0.2, 0) is 19.2 Å². The van der Waals surface area contributed by atoms with Gasteiger partial charge in [0.05, 0.1) is 28.6 Å². The van der Waals surface area contributed by atoms with E-state index in [1.165, 1.54) is 13.0 Å². The van der Waals surface area contributed by atoms with Crippen LogP contribution in [0.3, 0.4) is 0 Å². The molecule has 11 N–H and O–H groups in total. The molecule has 0 saturated heterocycles. The Morgan fingerprint density at radius 3 is 2.02 bits per heavy atom. The van der Waals surface area contributed by atoms with Crippen molar-refractivity contribution in [2.24, 2.45) is 17.3 Å². The Morgan fingerprint density at radius 1 is 0.774 bits per heavy atom. The Bertz CT molecular complexity index is 2370. The number of carbonyl (C=O) groups is 4. The van der Waals surface area contributed by atoms with Crippen LogP contribution in [0.25, 0.3) is 56.0 Å². The van der Waals surface area contributed by atoms with Crippen molar-refractivity contribution < 1.29 is 19.2 Å². The van der Waals surface area contributed by atoms with Gasteiger partial charge in [-0.15, -0.1) is 0 Å². The van der Waals surface area contributed by atoms with Crippen LogP contribution in [0.15, 0.2) is 96.8 Å². The molecule has 0 aliphatic carbocycles. The molecule has 53 heavy (non-hydrogen) atoms. The first-order valence-corrected chi connectivity index (χ1v) is 16.6. The number of hydrazine groups is 1. The van der Waals surface area contributed by atoms with Gasteiger partial charge in [0, 0.05) is 42.3 Å². The number of rotatable bonds is 14. The second kappa shape index (κ2) is 16.0. The number of imidazole rings is 2. The maximum Gasteiger partial charge on any atom is 0.278 e. The highest BCUT2D eigenvalue weighted by atomic mass is 16.2. The summed E-state index contributed by atoms with van der Waals surface area (Å²) < 4.78 is 0. The second-order valence-corrected chi connectivity index (χ2v) is 12.3. The first-order chi connectivity index (χ1) is 25.5. The third kappa shape index (κ3) is 9.25. The van der Waals surface area contributed by atoms with E-state index < -0.39 is 17.7 Å². The van der Waals surface area contributed by atoms with Crippen molar-refractivity contribution in [1.29, 1.82) is 0 Å². The van der Waals surface area contributed by atoms with Gasteiger partial charge in [-0.3, -0.25) is 25.0 Å². The van der Waals surface area contributed by atoms with E-state index in [1.807, 2.05) is 48.5 Å². The summed E-state index contributed by atoms with van der Waals surface area (Å²) in [5, 5.41) is 7.60. The van der Waals surface area contributed by atoms with E-state index in [2.05, 4.69) is 63.2 Å². The maximum atomic E-state index is 12.7. The number of aromatic nitrogens is 4. The lowest BCUT2D eigenvalue weighted by Crippen LogP contribution is -2.38. The summed E-state index contributed by atoms with van der Waals surface area (Å²) in [6.07, 6.45) is 0.947. The molecule has 0 aliphatic rings. The second-order valence-electron chi connectivity index (χ2n) is 12.3. The van der Waals surface area contributed by atoms with Crippen molar-refractivity contribution in [3.8, 4) is 33.9 Å². The Balaban J connectivity index is 1.04. The molecule has 4 amide bonds. The third-order valence-electron chi connectivity index (χ3n) is 8.14. The number of nitrogens with two attached hydrogens (primary N) is 3. The molecule has 0 fully saturated rings. The van der Waals surface area contributed by atoms with Crippen LogP contribution in [-0.4, -0.2) is 69.0 Å². The van der Waals surface area contributed by atoms with E-state index in [0.717, 1.165) is 61.3 Å². The van der Waals surface area contributed by atoms with Crippen LogP contribution < -0.4 is 33.3 Å². The highest BCUT2D eigenvalue weighted by Gasteiger charge is 2.13. The minimum Gasteiger partial charge on any atom is -0.393 e. The number of primary amides is 1. The average Bonchev–Trinajstić information content (AvgIpc) is 3.77. The van der Waals surface area contributed by atoms with Crippen LogP contribution >= 0.6 is 0 Å². The number of hydrogen-bond donors (Lipinski definition) is 8. The van der Waals surface area contributed by atoms with Crippen molar-refractivity contribution in [2.75, 3.05) is 18.4 Å². The molecule has 16 heteroatoms. The molecule has 15 nitrogen and oxygen atoms in total. The Morgan fingerprint density at radius 2 is 1.40 bits per heavy atom. The fourth-order valence-corrected chi connectivity index (χ4v) is 5.53. The van der Waals surface area contributed by atoms with Crippen LogP contribution in [0.1, 0.15) is 12.0 Å². The number of fused-ring (bicyclic) bond motifs is 2. The van der Waals surface area contributed by atoms with E-state index in [4.69, 9.17) is 27.3 Å². The van der Waals surface area contributed by atoms with E-state index in [0.29, 0.717) is 11.5 Å². The minimum absolute atomic E-state index is 0.0254. The molecular formula is C37H37BN11O4. The van der Waals surface area contributed by atoms with Gasteiger partial charge in [0.25, 0.3) is 13.3 Å². The summed E-state index contributed by atoms with van der Waals surface area (Å²) in [6, 6.07) is 27.7. The van der Waals surface area contributed by atoms with Crippen molar-refractivity contribution in [2.45, 2.75) is 19.7 Å². The molecule has 2 heterocycles. The topological polar surface area (TPSA) is 243 Å². The molecule has 0 bridgehead atoms. The molecule has 6 rings (SSSR count). The van der Waals surface area contributed by atoms with Crippen molar-refractivity contribution in [1.82, 2.24) is 35.5 Å². The lowest BCUT2D eigenvalue weighted by molar-refractivity contribution is -0.125. The molecule has 0 unspecified atom stereocenters. The third-order valence-corrected chi connectivity index (χ3v) is 8.14. The maximum absolute atomic E-state index is 12.7. The van der Waals surface area contributed by atoms with E-state index >= 15 is 0 Å². The highest BCUT2D eigenvalue weighted by Crippen LogP contribution is 2.30. The predicted octanol–water partition coefficient (Wildman–Crippen LogP) is 2.81. The smallest absolute Gasteiger partial charge is 0.278 e. The number of hydrogen-bond acceptors (Lipinski definition) is 9. The standard InChI is InChI=1S/C37H37BN11O4/c1-21-4-2-5-24(14-21)35-45-28-10-8-22(16-30(28)47-35)23-9-11-29-31(17-23)48-36(46-29)25-6-3-7-26(15-25)44-34(52)18-38-49(41)20-27(39)37(53)42-13-12-33(51)43-19-32(40)50/h2-11,14-17,20H,12-13,18-19,39,41H2,1H3,(H2,40,50)(H,42,53)(H,43,51)(H,44,52)(H,45,47)(H,46,48)/b27-20-. The fourth-order valence-electron chi connectivity index (χ4n) is 5.53. The fraction of sp³-hybridized carbons (Fsp3) is 0.135. The highest BCUT2D eigenvalue weighted by molar-refractivity contribution is 6.39.